The van der Waals surface area contributed by atoms with E-state index in [2.05, 4.69) is 9.80 Å². The number of ether oxygens (including phenoxy) is 1. The second-order valence-corrected chi connectivity index (χ2v) is 9.38. The second-order valence-electron chi connectivity index (χ2n) is 9.38. The topological polar surface area (TPSA) is 53.0 Å². The summed E-state index contributed by atoms with van der Waals surface area (Å²) in [7, 11) is 0. The number of carbonyl (C=O) groups is 1. The molecule has 0 aromatic heterocycles. The summed E-state index contributed by atoms with van der Waals surface area (Å²) in [6, 6.07) is 14.6. The van der Waals surface area contributed by atoms with E-state index >= 15 is 0 Å². The van der Waals surface area contributed by atoms with Crippen molar-refractivity contribution < 1.29 is 27.8 Å². The molecule has 2 aromatic carbocycles. The van der Waals surface area contributed by atoms with E-state index in [1.165, 1.54) is 12.1 Å². The maximum Gasteiger partial charge on any atom is 0.343 e. The monoisotopic (exact) mass is 488 g/mol. The third-order valence-corrected chi connectivity index (χ3v) is 7.00. The van der Waals surface area contributed by atoms with Gasteiger partial charge in [0, 0.05) is 44.2 Å². The predicted octanol–water partition coefficient (Wildman–Crippen LogP) is 5.02. The van der Waals surface area contributed by atoms with Crippen LogP contribution in [0.3, 0.4) is 0 Å². The number of rotatable bonds is 9. The largest absolute Gasteiger partial charge is 0.463 e. The van der Waals surface area contributed by atoms with E-state index in [1.54, 1.807) is 42.5 Å². The molecule has 2 aromatic rings. The van der Waals surface area contributed by atoms with Crippen LogP contribution in [0.25, 0.3) is 0 Å². The van der Waals surface area contributed by atoms with Gasteiger partial charge in [0.05, 0.1) is 12.8 Å². The lowest BCUT2D eigenvalue weighted by molar-refractivity contribution is -0.175. The molecule has 5 nitrogen and oxygen atoms in total. The lowest BCUT2D eigenvalue weighted by atomic mass is 9.80. The minimum absolute atomic E-state index is 0.0491. The van der Waals surface area contributed by atoms with Crippen LogP contribution in [0.1, 0.15) is 43.7 Å². The highest BCUT2D eigenvalue weighted by Crippen LogP contribution is 2.47. The van der Waals surface area contributed by atoms with Crippen LogP contribution >= 0.6 is 0 Å². The Labute approximate surface area is 203 Å². The zero-order chi connectivity index (χ0) is 25.1. The van der Waals surface area contributed by atoms with Gasteiger partial charge in [-0.05, 0) is 43.0 Å². The quantitative estimate of drug-likeness (QED) is 0.397. The normalized spacial score (nSPS) is 22.9. The summed E-state index contributed by atoms with van der Waals surface area (Å²) in [4.78, 5) is 17.2. The molecule has 2 aliphatic rings. The smallest absolute Gasteiger partial charge is 0.343 e. The number of alkyl halides is 2. The molecule has 1 unspecified atom stereocenters. The van der Waals surface area contributed by atoms with Crippen LogP contribution in [-0.2, 0) is 21.7 Å². The van der Waals surface area contributed by atoms with E-state index in [0.717, 1.165) is 5.56 Å². The first-order valence-electron chi connectivity index (χ1n) is 12.0. The number of carbonyl (C=O) groups excluding carboxylic acids is 1. The number of aliphatic hydroxyl groups is 1. The van der Waals surface area contributed by atoms with Crippen LogP contribution in [0.2, 0.25) is 0 Å². The standard InChI is InChI=1S/C27H31F3N2O3/c1-20-31(15-16-32(20)19-21-8-10-24(28)11-9-21)14-5-17-35-25(33)27(34,22-6-3-2-4-7-22)23-12-13-26(29,30)18-23/h2-4,6-11,15-16,20,23,34H,5,12-14,17-19H2,1H3/t20?,23-,27+/m1/s1. The Balaban J connectivity index is 1.30. The van der Waals surface area contributed by atoms with Crippen LogP contribution in [0.4, 0.5) is 13.2 Å². The van der Waals surface area contributed by atoms with Gasteiger partial charge in [-0.25, -0.2) is 18.0 Å². The van der Waals surface area contributed by atoms with Crippen LogP contribution in [0, 0.1) is 11.7 Å². The number of esters is 1. The number of hydrogen-bond acceptors (Lipinski definition) is 5. The number of nitrogens with zero attached hydrogens (tertiary/aromatic N) is 2. The Kier molecular flexibility index (Phi) is 7.40. The third-order valence-electron chi connectivity index (χ3n) is 7.00. The summed E-state index contributed by atoms with van der Waals surface area (Å²) < 4.78 is 46.4. The Hall–Kier alpha value is -3.00. The van der Waals surface area contributed by atoms with Gasteiger partial charge in [0.25, 0.3) is 0 Å². The summed E-state index contributed by atoms with van der Waals surface area (Å²) in [5.41, 5.74) is -0.829. The van der Waals surface area contributed by atoms with Crippen LogP contribution in [-0.4, -0.2) is 46.1 Å². The average molecular weight is 489 g/mol. The highest BCUT2D eigenvalue weighted by Gasteiger charge is 2.54. The summed E-state index contributed by atoms with van der Waals surface area (Å²) in [6.07, 6.45) is 3.65. The van der Waals surface area contributed by atoms with Crippen molar-refractivity contribution in [3.8, 4) is 0 Å². The predicted molar refractivity (Wildman–Crippen MR) is 125 cm³/mol. The SMILES string of the molecule is CC1N(CCCOC(=O)[C@](O)(c2ccccc2)[C@@H]2CCC(F)(F)C2)C=CN1Cc1ccc(F)cc1. The van der Waals surface area contributed by atoms with Crippen LogP contribution < -0.4 is 0 Å². The molecule has 0 radical (unpaired) electrons. The van der Waals surface area contributed by atoms with E-state index in [4.69, 9.17) is 4.74 Å². The zero-order valence-electron chi connectivity index (χ0n) is 19.7. The Morgan fingerprint density at radius 3 is 2.46 bits per heavy atom. The molecule has 1 heterocycles. The lowest BCUT2D eigenvalue weighted by Crippen LogP contribution is -2.44. The summed E-state index contributed by atoms with van der Waals surface area (Å²) >= 11 is 0. The fraction of sp³-hybridized carbons (Fsp3) is 0.444. The van der Waals surface area contributed by atoms with Crippen LogP contribution in [0.5, 0.6) is 0 Å². The van der Waals surface area contributed by atoms with Gasteiger partial charge in [0.15, 0.2) is 5.60 Å². The molecule has 4 rings (SSSR count). The first-order chi connectivity index (χ1) is 16.7. The molecular weight excluding hydrogens is 457 g/mol. The second kappa shape index (κ2) is 10.3. The maximum atomic E-state index is 13.9. The number of benzene rings is 2. The van der Waals surface area contributed by atoms with Gasteiger partial charge in [-0.15, -0.1) is 0 Å². The summed E-state index contributed by atoms with van der Waals surface area (Å²) in [6.45, 7) is 3.35. The van der Waals surface area contributed by atoms with Crippen molar-refractivity contribution in [1.29, 1.82) is 0 Å². The van der Waals surface area contributed by atoms with Crippen molar-refractivity contribution in [3.05, 3.63) is 83.9 Å². The molecule has 0 amide bonds. The molecule has 0 bridgehead atoms. The van der Waals surface area contributed by atoms with E-state index in [9.17, 15) is 23.1 Å². The lowest BCUT2D eigenvalue weighted by Gasteiger charge is -2.32. The molecule has 1 saturated carbocycles. The fourth-order valence-electron chi connectivity index (χ4n) is 4.90. The van der Waals surface area contributed by atoms with Crippen molar-refractivity contribution in [2.75, 3.05) is 13.2 Å². The van der Waals surface area contributed by atoms with Gasteiger partial charge in [-0.1, -0.05) is 42.5 Å². The van der Waals surface area contributed by atoms with Gasteiger partial charge in [-0.3, -0.25) is 0 Å². The van der Waals surface area contributed by atoms with Gasteiger partial charge in [0.1, 0.15) is 5.82 Å². The van der Waals surface area contributed by atoms with Gasteiger partial charge in [-0.2, -0.15) is 0 Å². The maximum absolute atomic E-state index is 13.9. The average Bonchev–Trinajstić information content (AvgIpc) is 3.39. The summed E-state index contributed by atoms with van der Waals surface area (Å²) in [5, 5.41) is 11.4. The van der Waals surface area contributed by atoms with Crippen molar-refractivity contribution in [1.82, 2.24) is 9.80 Å². The molecule has 3 atom stereocenters. The third kappa shape index (κ3) is 5.64. The number of halogens is 3. The van der Waals surface area contributed by atoms with E-state index in [-0.39, 0.29) is 37.0 Å². The molecule has 0 saturated heterocycles. The molecule has 1 N–H and O–H groups in total. The molecule has 1 aliphatic carbocycles. The Bertz CT molecular complexity index is 1030. The molecule has 8 heteroatoms. The van der Waals surface area contributed by atoms with E-state index in [0.29, 0.717) is 19.5 Å². The molecule has 0 spiro atoms. The number of hydrogen-bond donors (Lipinski definition) is 1. The molecule has 1 fully saturated rings. The highest BCUT2D eigenvalue weighted by atomic mass is 19.3. The Morgan fingerprint density at radius 1 is 1.11 bits per heavy atom. The minimum Gasteiger partial charge on any atom is -0.463 e. The first-order valence-corrected chi connectivity index (χ1v) is 12.0. The zero-order valence-corrected chi connectivity index (χ0v) is 19.7. The first kappa shape index (κ1) is 25.1. The molecule has 35 heavy (non-hydrogen) atoms. The molecule has 1 aliphatic heterocycles. The van der Waals surface area contributed by atoms with E-state index < -0.39 is 29.8 Å². The molecule has 188 valence electrons. The van der Waals surface area contributed by atoms with Gasteiger partial charge in [0.2, 0.25) is 5.92 Å². The van der Waals surface area contributed by atoms with Gasteiger partial charge < -0.3 is 19.6 Å². The van der Waals surface area contributed by atoms with Crippen LogP contribution in [0.15, 0.2) is 67.0 Å². The van der Waals surface area contributed by atoms with Gasteiger partial charge >= 0.3 is 5.97 Å². The molecular formula is C27H31F3N2O3. The Morgan fingerprint density at radius 2 is 1.80 bits per heavy atom. The van der Waals surface area contributed by atoms with Crippen molar-refractivity contribution in [2.45, 2.75) is 56.8 Å². The van der Waals surface area contributed by atoms with E-state index in [1.807, 2.05) is 19.3 Å². The highest BCUT2D eigenvalue weighted by molar-refractivity contribution is 5.81. The van der Waals surface area contributed by atoms with Crippen molar-refractivity contribution in [3.63, 3.8) is 0 Å². The minimum atomic E-state index is -2.90. The fourth-order valence-corrected chi connectivity index (χ4v) is 4.90. The van der Waals surface area contributed by atoms with Crippen molar-refractivity contribution in [2.24, 2.45) is 5.92 Å². The summed E-state index contributed by atoms with van der Waals surface area (Å²) in [5.74, 6) is -4.95. The van der Waals surface area contributed by atoms with Crippen molar-refractivity contribution >= 4 is 5.97 Å².